The maximum Gasteiger partial charge on any atom is 0.269 e. The second-order valence-electron chi connectivity index (χ2n) is 3.91. The molecule has 0 unspecified atom stereocenters. The van der Waals surface area contributed by atoms with Crippen molar-refractivity contribution >= 4 is 11.6 Å². The van der Waals surface area contributed by atoms with Crippen LogP contribution < -0.4 is 5.73 Å². The lowest BCUT2D eigenvalue weighted by molar-refractivity contribution is 0.0995. The van der Waals surface area contributed by atoms with Crippen LogP contribution in [0.15, 0.2) is 30.7 Å². The Labute approximate surface area is 102 Å². The minimum absolute atomic E-state index is 0.200. The van der Waals surface area contributed by atoms with Gasteiger partial charge in [0.05, 0.1) is 11.9 Å². The molecule has 1 amide bonds. The third kappa shape index (κ3) is 1.61. The molecular formula is C11H10N6O. The van der Waals surface area contributed by atoms with Gasteiger partial charge in [-0.25, -0.2) is 9.50 Å². The van der Waals surface area contributed by atoms with Crippen LogP contribution in [0.4, 0.5) is 0 Å². The summed E-state index contributed by atoms with van der Waals surface area (Å²) in [6, 6.07) is 3.37. The predicted octanol–water partition coefficient (Wildman–Crippen LogP) is 0.229. The van der Waals surface area contributed by atoms with E-state index >= 15 is 0 Å². The van der Waals surface area contributed by atoms with Gasteiger partial charge in [-0.15, -0.1) is 0 Å². The summed E-state index contributed by atoms with van der Waals surface area (Å²) in [6.07, 6.45) is 5.32. The summed E-state index contributed by atoms with van der Waals surface area (Å²) in [5.41, 5.74) is 7.62. The highest BCUT2D eigenvalue weighted by Crippen LogP contribution is 2.16. The Morgan fingerprint density at radius 2 is 2.28 bits per heavy atom. The first-order valence-corrected chi connectivity index (χ1v) is 5.29. The van der Waals surface area contributed by atoms with Gasteiger partial charge in [0.15, 0.2) is 11.3 Å². The zero-order valence-corrected chi connectivity index (χ0v) is 9.61. The number of nitrogens with two attached hydrogens (primary N) is 1. The maximum absolute atomic E-state index is 11.0. The largest absolute Gasteiger partial charge is 0.364 e. The van der Waals surface area contributed by atoms with Crippen molar-refractivity contribution in [2.75, 3.05) is 0 Å². The third-order valence-electron chi connectivity index (χ3n) is 2.58. The van der Waals surface area contributed by atoms with E-state index in [1.807, 2.05) is 19.3 Å². The van der Waals surface area contributed by atoms with E-state index in [0.717, 1.165) is 11.3 Å². The van der Waals surface area contributed by atoms with Crippen molar-refractivity contribution in [3.63, 3.8) is 0 Å². The van der Waals surface area contributed by atoms with Gasteiger partial charge in [-0.05, 0) is 6.07 Å². The molecule has 7 nitrogen and oxygen atoms in total. The molecule has 0 saturated carbocycles. The Bertz CT molecular complexity index is 741. The number of primary amides is 1. The Kier molecular flexibility index (Phi) is 2.12. The Hall–Kier alpha value is -2.70. The molecule has 0 radical (unpaired) electrons. The maximum atomic E-state index is 11.0. The minimum atomic E-state index is -0.566. The average Bonchev–Trinajstić information content (AvgIpc) is 2.93. The molecule has 3 rings (SSSR count). The van der Waals surface area contributed by atoms with Crippen molar-refractivity contribution < 1.29 is 4.79 Å². The van der Waals surface area contributed by atoms with E-state index in [4.69, 9.17) is 5.73 Å². The van der Waals surface area contributed by atoms with Gasteiger partial charge in [0.2, 0.25) is 0 Å². The van der Waals surface area contributed by atoms with Crippen LogP contribution in [0.2, 0.25) is 0 Å². The van der Waals surface area contributed by atoms with Crippen molar-refractivity contribution in [3.8, 4) is 11.3 Å². The summed E-state index contributed by atoms with van der Waals surface area (Å²) in [5.74, 6) is -0.566. The summed E-state index contributed by atoms with van der Waals surface area (Å²) in [6.45, 7) is 0. The number of carbonyl (C=O) groups is 1. The molecule has 0 aliphatic carbocycles. The first-order valence-electron chi connectivity index (χ1n) is 5.29. The Balaban J connectivity index is 2.13. The molecule has 0 aromatic carbocycles. The molecule has 3 heterocycles. The summed E-state index contributed by atoms with van der Waals surface area (Å²) in [5, 5.41) is 8.10. The Morgan fingerprint density at radius 3 is 2.94 bits per heavy atom. The van der Waals surface area contributed by atoms with Crippen LogP contribution in [0.3, 0.4) is 0 Å². The normalized spacial score (nSPS) is 10.9. The lowest BCUT2D eigenvalue weighted by atomic mass is 10.2. The van der Waals surface area contributed by atoms with Crippen molar-refractivity contribution in [1.29, 1.82) is 0 Å². The van der Waals surface area contributed by atoms with Crippen LogP contribution in [-0.2, 0) is 7.05 Å². The lowest BCUT2D eigenvalue weighted by Crippen LogP contribution is -2.11. The SMILES string of the molecule is Cn1cc(-c2ccn3nc(C(N)=O)cc3n2)cn1. The average molecular weight is 242 g/mol. The molecule has 3 aromatic heterocycles. The van der Waals surface area contributed by atoms with Crippen molar-refractivity contribution in [3.05, 3.63) is 36.4 Å². The van der Waals surface area contributed by atoms with Gasteiger partial charge in [0, 0.05) is 31.1 Å². The number of rotatable bonds is 2. The van der Waals surface area contributed by atoms with Crippen LogP contribution in [-0.4, -0.2) is 30.3 Å². The molecule has 0 aliphatic heterocycles. The number of carbonyl (C=O) groups excluding carboxylic acids is 1. The molecule has 0 spiro atoms. The van der Waals surface area contributed by atoms with Gasteiger partial charge in [-0.2, -0.15) is 10.2 Å². The molecule has 0 saturated heterocycles. The minimum Gasteiger partial charge on any atom is -0.364 e. The third-order valence-corrected chi connectivity index (χ3v) is 2.58. The summed E-state index contributed by atoms with van der Waals surface area (Å²) in [7, 11) is 1.84. The number of nitrogens with zero attached hydrogens (tertiary/aromatic N) is 5. The molecule has 0 atom stereocenters. The quantitative estimate of drug-likeness (QED) is 0.696. The lowest BCUT2D eigenvalue weighted by Gasteiger charge is -1.96. The first-order chi connectivity index (χ1) is 8.63. The van der Waals surface area contributed by atoms with Gasteiger partial charge in [-0.3, -0.25) is 9.48 Å². The molecule has 7 heteroatoms. The van der Waals surface area contributed by atoms with Gasteiger partial charge in [0.1, 0.15) is 0 Å². The summed E-state index contributed by atoms with van der Waals surface area (Å²) < 4.78 is 3.21. The van der Waals surface area contributed by atoms with E-state index in [-0.39, 0.29) is 5.69 Å². The van der Waals surface area contributed by atoms with Gasteiger partial charge in [0.25, 0.3) is 5.91 Å². The van der Waals surface area contributed by atoms with Gasteiger partial charge in [-0.1, -0.05) is 0 Å². The van der Waals surface area contributed by atoms with Crippen LogP contribution in [0.1, 0.15) is 10.5 Å². The zero-order chi connectivity index (χ0) is 12.7. The smallest absolute Gasteiger partial charge is 0.269 e. The van der Waals surface area contributed by atoms with Crippen molar-refractivity contribution in [1.82, 2.24) is 24.4 Å². The van der Waals surface area contributed by atoms with Crippen LogP contribution in [0, 0.1) is 0 Å². The second-order valence-corrected chi connectivity index (χ2v) is 3.91. The number of fused-ring (bicyclic) bond motifs is 1. The molecule has 0 fully saturated rings. The summed E-state index contributed by atoms with van der Waals surface area (Å²) in [4.78, 5) is 15.4. The highest BCUT2D eigenvalue weighted by atomic mass is 16.1. The molecule has 18 heavy (non-hydrogen) atoms. The fourth-order valence-electron chi connectivity index (χ4n) is 1.71. The molecular weight excluding hydrogens is 232 g/mol. The fraction of sp³-hybridized carbons (Fsp3) is 0.0909. The van der Waals surface area contributed by atoms with Gasteiger partial charge < -0.3 is 5.73 Å². The second kappa shape index (κ2) is 3.66. The van der Waals surface area contributed by atoms with Crippen LogP contribution >= 0.6 is 0 Å². The van der Waals surface area contributed by atoms with Crippen molar-refractivity contribution in [2.45, 2.75) is 0 Å². The fourth-order valence-corrected chi connectivity index (χ4v) is 1.71. The molecule has 0 bridgehead atoms. The van der Waals surface area contributed by atoms with E-state index < -0.39 is 5.91 Å². The number of hydrogen-bond acceptors (Lipinski definition) is 4. The highest BCUT2D eigenvalue weighted by molar-refractivity contribution is 5.91. The van der Waals surface area contributed by atoms with E-state index in [2.05, 4.69) is 15.2 Å². The molecule has 3 aromatic rings. The van der Waals surface area contributed by atoms with E-state index in [1.54, 1.807) is 23.1 Å². The van der Waals surface area contributed by atoms with E-state index in [9.17, 15) is 4.79 Å². The standard InChI is InChI=1S/C11H10N6O/c1-16-6-7(5-13-16)8-2-3-17-10(14-8)4-9(15-17)11(12)18/h2-6H,1H3,(H2,12,18). The predicted molar refractivity (Wildman–Crippen MR) is 63.7 cm³/mol. The molecule has 90 valence electrons. The topological polar surface area (TPSA) is 91.1 Å². The molecule has 0 aliphatic rings. The number of aromatic nitrogens is 5. The van der Waals surface area contributed by atoms with E-state index in [0.29, 0.717) is 5.65 Å². The zero-order valence-electron chi connectivity index (χ0n) is 9.61. The number of amides is 1. The Morgan fingerprint density at radius 1 is 1.44 bits per heavy atom. The number of aryl methyl sites for hydroxylation is 1. The summed E-state index contributed by atoms with van der Waals surface area (Å²) >= 11 is 0. The molecule has 2 N–H and O–H groups in total. The highest BCUT2D eigenvalue weighted by Gasteiger charge is 2.09. The van der Waals surface area contributed by atoms with Gasteiger partial charge >= 0.3 is 0 Å². The monoisotopic (exact) mass is 242 g/mol. The first kappa shape index (κ1) is 10.5. The van der Waals surface area contributed by atoms with Crippen LogP contribution in [0.25, 0.3) is 16.9 Å². The number of hydrogen-bond donors (Lipinski definition) is 1. The van der Waals surface area contributed by atoms with E-state index in [1.165, 1.54) is 4.52 Å². The van der Waals surface area contributed by atoms with Crippen LogP contribution in [0.5, 0.6) is 0 Å². The van der Waals surface area contributed by atoms with Crippen molar-refractivity contribution in [2.24, 2.45) is 12.8 Å².